The van der Waals surface area contributed by atoms with Gasteiger partial charge in [0.1, 0.15) is 0 Å². The van der Waals surface area contributed by atoms with Gasteiger partial charge in [0.05, 0.1) is 19.3 Å². The van der Waals surface area contributed by atoms with Crippen molar-refractivity contribution in [2.75, 3.05) is 13.2 Å². The second-order valence-electron chi connectivity index (χ2n) is 6.71. The van der Waals surface area contributed by atoms with Crippen LogP contribution < -0.4 is 14.8 Å². The van der Waals surface area contributed by atoms with Gasteiger partial charge in [0.25, 0.3) is 5.91 Å². The molecule has 3 rings (SSSR count). The number of hydrogen-bond donors (Lipinski definition) is 1. The zero-order valence-electron chi connectivity index (χ0n) is 17.1. The second-order valence-corrected chi connectivity index (χ2v) is 6.71. The van der Waals surface area contributed by atoms with E-state index in [0.717, 1.165) is 16.7 Å². The van der Waals surface area contributed by atoms with Crippen LogP contribution in [0.15, 0.2) is 72.8 Å². The van der Waals surface area contributed by atoms with Gasteiger partial charge in [0.15, 0.2) is 11.5 Å². The highest BCUT2D eigenvalue weighted by molar-refractivity contribution is 5.95. The molecule has 0 aliphatic heterocycles. The van der Waals surface area contributed by atoms with Gasteiger partial charge in [-0.15, -0.1) is 0 Å². The van der Waals surface area contributed by atoms with Crippen LogP contribution in [-0.2, 0) is 0 Å². The molecule has 4 heteroatoms. The number of ether oxygens (including phenoxy) is 2. The molecule has 3 aromatic carbocycles. The molecule has 0 bridgehead atoms. The van der Waals surface area contributed by atoms with Crippen molar-refractivity contribution < 1.29 is 14.3 Å². The predicted molar refractivity (Wildman–Crippen MR) is 117 cm³/mol. The van der Waals surface area contributed by atoms with Crippen LogP contribution in [0.4, 0.5) is 0 Å². The Kier molecular flexibility index (Phi) is 6.90. The first-order valence-electron chi connectivity index (χ1n) is 9.98. The van der Waals surface area contributed by atoms with Crippen LogP contribution in [0.3, 0.4) is 0 Å². The van der Waals surface area contributed by atoms with Crippen LogP contribution >= 0.6 is 0 Å². The summed E-state index contributed by atoms with van der Waals surface area (Å²) in [7, 11) is 0. The number of carbonyl (C=O) groups excluding carboxylic acids is 1. The first-order chi connectivity index (χ1) is 14.1. The minimum atomic E-state index is -0.161. The number of benzene rings is 3. The summed E-state index contributed by atoms with van der Waals surface area (Å²) in [6.07, 6.45) is 0. The van der Waals surface area contributed by atoms with Gasteiger partial charge in [0.2, 0.25) is 0 Å². The molecule has 0 spiro atoms. The third-order valence-electron chi connectivity index (χ3n) is 4.67. The fourth-order valence-corrected chi connectivity index (χ4v) is 3.15. The molecule has 1 atom stereocenters. The normalized spacial score (nSPS) is 11.6. The Balaban J connectivity index is 1.71. The van der Waals surface area contributed by atoms with Gasteiger partial charge in [0, 0.05) is 5.56 Å². The molecule has 1 amide bonds. The van der Waals surface area contributed by atoms with Crippen molar-refractivity contribution in [1.29, 1.82) is 0 Å². The molecule has 4 nitrogen and oxygen atoms in total. The Bertz CT molecular complexity index is 936. The average Bonchev–Trinajstić information content (AvgIpc) is 2.76. The molecule has 150 valence electrons. The summed E-state index contributed by atoms with van der Waals surface area (Å²) in [6, 6.07) is 23.4. The van der Waals surface area contributed by atoms with E-state index in [-0.39, 0.29) is 11.9 Å². The number of amides is 1. The summed E-state index contributed by atoms with van der Waals surface area (Å²) in [6.45, 7) is 6.96. The van der Waals surface area contributed by atoms with Crippen molar-refractivity contribution in [1.82, 2.24) is 5.32 Å². The number of carbonyl (C=O) groups is 1. The number of rotatable bonds is 8. The molecular formula is C25H27NO3. The molecule has 0 aromatic heterocycles. The van der Waals surface area contributed by atoms with Crippen LogP contribution in [0.2, 0.25) is 0 Å². The summed E-state index contributed by atoms with van der Waals surface area (Å²) >= 11 is 0. The fourth-order valence-electron chi connectivity index (χ4n) is 3.15. The summed E-state index contributed by atoms with van der Waals surface area (Å²) in [4.78, 5) is 12.7. The van der Waals surface area contributed by atoms with E-state index in [0.29, 0.717) is 30.3 Å². The Morgan fingerprint density at radius 1 is 0.828 bits per heavy atom. The van der Waals surface area contributed by atoms with Crippen molar-refractivity contribution in [2.45, 2.75) is 26.8 Å². The maximum atomic E-state index is 12.7. The van der Waals surface area contributed by atoms with E-state index in [1.54, 1.807) is 0 Å². The molecule has 3 aromatic rings. The molecular weight excluding hydrogens is 362 g/mol. The Morgan fingerprint density at radius 2 is 1.45 bits per heavy atom. The third-order valence-corrected chi connectivity index (χ3v) is 4.67. The van der Waals surface area contributed by atoms with Gasteiger partial charge in [-0.25, -0.2) is 0 Å². The maximum absolute atomic E-state index is 12.7. The molecule has 0 aliphatic rings. The molecule has 29 heavy (non-hydrogen) atoms. The lowest BCUT2D eigenvalue weighted by Crippen LogP contribution is -2.26. The first-order valence-corrected chi connectivity index (χ1v) is 9.98. The highest BCUT2D eigenvalue weighted by atomic mass is 16.5. The van der Waals surface area contributed by atoms with E-state index < -0.39 is 0 Å². The van der Waals surface area contributed by atoms with E-state index in [1.165, 1.54) is 0 Å². The summed E-state index contributed by atoms with van der Waals surface area (Å²) in [5.74, 6) is 1.30. The molecule has 0 fully saturated rings. The van der Waals surface area contributed by atoms with E-state index in [9.17, 15) is 4.79 Å². The van der Waals surface area contributed by atoms with Gasteiger partial charge >= 0.3 is 0 Å². The Labute approximate surface area is 172 Å². The van der Waals surface area contributed by atoms with E-state index in [1.807, 2.05) is 81.4 Å². The first kappa shape index (κ1) is 20.5. The minimum absolute atomic E-state index is 0.107. The quantitative estimate of drug-likeness (QED) is 0.542. The second kappa shape index (κ2) is 9.78. The number of nitrogens with one attached hydrogen (secondary N) is 1. The maximum Gasteiger partial charge on any atom is 0.251 e. The van der Waals surface area contributed by atoms with Gasteiger partial charge in [-0.2, -0.15) is 0 Å². The molecule has 0 saturated heterocycles. The lowest BCUT2D eigenvalue weighted by Gasteiger charge is -2.17. The fraction of sp³-hybridized carbons (Fsp3) is 0.240. The lowest BCUT2D eigenvalue weighted by atomic mass is 10.0. The highest BCUT2D eigenvalue weighted by Crippen LogP contribution is 2.31. The standard InChI is InChI=1S/C25H27NO3/c1-4-28-23-16-15-22(17-24(23)29-5-2)18(3)26-25(27)21-13-11-20(12-14-21)19-9-7-6-8-10-19/h6-18H,4-5H2,1-3H3,(H,26,27). The van der Waals surface area contributed by atoms with Crippen molar-refractivity contribution in [2.24, 2.45) is 0 Å². The summed E-state index contributed by atoms with van der Waals surface area (Å²) < 4.78 is 11.3. The van der Waals surface area contributed by atoms with Crippen molar-refractivity contribution in [3.05, 3.63) is 83.9 Å². The van der Waals surface area contributed by atoms with Gasteiger partial charge in [-0.05, 0) is 61.7 Å². The van der Waals surface area contributed by atoms with E-state index in [4.69, 9.17) is 9.47 Å². The van der Waals surface area contributed by atoms with Crippen molar-refractivity contribution >= 4 is 5.91 Å². The molecule has 1 N–H and O–H groups in total. The van der Waals surface area contributed by atoms with Crippen LogP contribution in [0.5, 0.6) is 11.5 Å². The van der Waals surface area contributed by atoms with Gasteiger partial charge in [-0.1, -0.05) is 48.5 Å². The van der Waals surface area contributed by atoms with Crippen LogP contribution in [0.1, 0.15) is 42.7 Å². The smallest absolute Gasteiger partial charge is 0.251 e. The molecule has 0 radical (unpaired) electrons. The zero-order valence-corrected chi connectivity index (χ0v) is 17.1. The lowest BCUT2D eigenvalue weighted by molar-refractivity contribution is 0.0940. The Morgan fingerprint density at radius 3 is 2.10 bits per heavy atom. The predicted octanol–water partition coefficient (Wildman–Crippen LogP) is 5.64. The largest absolute Gasteiger partial charge is 0.490 e. The van der Waals surface area contributed by atoms with Crippen LogP contribution in [0.25, 0.3) is 11.1 Å². The molecule has 0 heterocycles. The molecule has 0 saturated carbocycles. The minimum Gasteiger partial charge on any atom is -0.490 e. The molecule has 0 aliphatic carbocycles. The van der Waals surface area contributed by atoms with E-state index in [2.05, 4.69) is 17.4 Å². The van der Waals surface area contributed by atoms with Crippen LogP contribution in [0, 0.1) is 0 Å². The van der Waals surface area contributed by atoms with Gasteiger partial charge in [-0.3, -0.25) is 4.79 Å². The Hall–Kier alpha value is -3.27. The van der Waals surface area contributed by atoms with Crippen molar-refractivity contribution in [3.63, 3.8) is 0 Å². The highest BCUT2D eigenvalue weighted by Gasteiger charge is 2.14. The summed E-state index contributed by atoms with van der Waals surface area (Å²) in [5.41, 5.74) is 3.81. The summed E-state index contributed by atoms with van der Waals surface area (Å²) in [5, 5.41) is 3.06. The zero-order chi connectivity index (χ0) is 20.6. The average molecular weight is 389 g/mol. The SMILES string of the molecule is CCOc1ccc(C(C)NC(=O)c2ccc(-c3ccccc3)cc2)cc1OCC. The monoisotopic (exact) mass is 389 g/mol. The third kappa shape index (κ3) is 5.17. The van der Waals surface area contributed by atoms with Crippen molar-refractivity contribution in [3.8, 4) is 22.6 Å². The van der Waals surface area contributed by atoms with Gasteiger partial charge < -0.3 is 14.8 Å². The number of hydrogen-bond acceptors (Lipinski definition) is 3. The van der Waals surface area contributed by atoms with Crippen LogP contribution in [-0.4, -0.2) is 19.1 Å². The topological polar surface area (TPSA) is 47.6 Å². The van der Waals surface area contributed by atoms with E-state index >= 15 is 0 Å². The molecule has 1 unspecified atom stereocenters.